The molecule has 0 saturated carbocycles. The van der Waals surface area contributed by atoms with Crippen LogP contribution in [-0.4, -0.2) is 19.4 Å². The van der Waals surface area contributed by atoms with E-state index in [1.807, 2.05) is 65.2 Å². The van der Waals surface area contributed by atoms with Gasteiger partial charge in [0.25, 0.3) is 11.4 Å². The lowest BCUT2D eigenvalue weighted by molar-refractivity contribution is -0.385. The van der Waals surface area contributed by atoms with Crippen LogP contribution in [0.25, 0.3) is 39.6 Å². The molecule has 0 aliphatic carbocycles. The highest BCUT2D eigenvalue weighted by atomic mass is 16.6. The van der Waals surface area contributed by atoms with Crippen molar-refractivity contribution in [2.75, 3.05) is 0 Å². The molecule has 8 heteroatoms. The Morgan fingerprint density at radius 1 is 0.571 bits per heavy atom. The molecule has 0 aliphatic rings. The van der Waals surface area contributed by atoms with Gasteiger partial charge in [0.05, 0.1) is 21.2 Å². The molecule has 170 valence electrons. The second kappa shape index (κ2) is 9.03. The quantitative estimate of drug-likeness (QED) is 0.206. The summed E-state index contributed by atoms with van der Waals surface area (Å²) in [6.07, 6.45) is 0. The van der Waals surface area contributed by atoms with Crippen LogP contribution >= 0.6 is 0 Å². The first kappa shape index (κ1) is 21.7. The van der Waals surface area contributed by atoms with Gasteiger partial charge in [-0.05, 0) is 24.3 Å². The first-order valence-corrected chi connectivity index (χ1v) is 10.8. The average molecular weight is 462 g/mol. The predicted molar refractivity (Wildman–Crippen MR) is 133 cm³/mol. The minimum absolute atomic E-state index is 0.0182. The Balaban J connectivity index is 1.83. The van der Waals surface area contributed by atoms with Gasteiger partial charge in [0, 0.05) is 46.6 Å². The van der Waals surface area contributed by atoms with Gasteiger partial charge in [0.15, 0.2) is 0 Å². The highest BCUT2D eigenvalue weighted by Crippen LogP contribution is 2.39. The van der Waals surface area contributed by atoms with Crippen molar-refractivity contribution in [3.63, 3.8) is 0 Å². The fourth-order valence-electron chi connectivity index (χ4n) is 3.98. The van der Waals surface area contributed by atoms with E-state index in [-0.39, 0.29) is 11.4 Å². The monoisotopic (exact) mass is 462 g/mol. The third kappa shape index (κ3) is 4.16. The number of hydrogen-bond donors (Lipinski definition) is 0. The van der Waals surface area contributed by atoms with Gasteiger partial charge in [-0.25, -0.2) is 4.98 Å². The summed E-state index contributed by atoms with van der Waals surface area (Å²) in [5.74, 6) is 0.562. The van der Waals surface area contributed by atoms with E-state index in [2.05, 4.69) is 0 Å². The molecular weight excluding hydrogens is 444 g/mol. The number of hydrogen-bond acceptors (Lipinski definition) is 5. The van der Waals surface area contributed by atoms with E-state index in [9.17, 15) is 20.2 Å². The van der Waals surface area contributed by atoms with Gasteiger partial charge in [-0.1, -0.05) is 60.7 Å². The largest absolute Gasteiger partial charge is 0.292 e. The van der Waals surface area contributed by atoms with Gasteiger partial charge >= 0.3 is 0 Å². The van der Waals surface area contributed by atoms with Gasteiger partial charge in [0.1, 0.15) is 5.82 Å². The van der Waals surface area contributed by atoms with Gasteiger partial charge in [-0.15, -0.1) is 0 Å². The summed E-state index contributed by atoms with van der Waals surface area (Å²) in [5.41, 5.74) is 4.65. The number of nitrogens with zero attached hydrogens (tertiary/aromatic N) is 4. The van der Waals surface area contributed by atoms with Crippen LogP contribution in [0.3, 0.4) is 0 Å². The lowest BCUT2D eigenvalue weighted by Crippen LogP contribution is -2.01. The van der Waals surface area contributed by atoms with Gasteiger partial charge in [-0.2, -0.15) is 0 Å². The maximum absolute atomic E-state index is 11.2. The van der Waals surface area contributed by atoms with E-state index >= 15 is 0 Å². The molecule has 0 N–H and O–H groups in total. The second-order valence-electron chi connectivity index (χ2n) is 7.78. The van der Waals surface area contributed by atoms with E-state index in [0.29, 0.717) is 17.1 Å². The van der Waals surface area contributed by atoms with Crippen molar-refractivity contribution >= 4 is 11.4 Å². The third-order valence-electron chi connectivity index (χ3n) is 5.63. The molecule has 1 aromatic heterocycles. The van der Waals surface area contributed by atoms with Crippen molar-refractivity contribution in [1.29, 1.82) is 0 Å². The Bertz CT molecular complexity index is 1510. The fourth-order valence-corrected chi connectivity index (χ4v) is 3.98. The summed E-state index contributed by atoms with van der Waals surface area (Å²) in [6, 6.07) is 31.9. The zero-order valence-electron chi connectivity index (χ0n) is 18.3. The van der Waals surface area contributed by atoms with Crippen LogP contribution in [0.5, 0.6) is 0 Å². The van der Waals surface area contributed by atoms with Gasteiger partial charge < -0.3 is 0 Å². The summed E-state index contributed by atoms with van der Waals surface area (Å²) < 4.78 is 1.93. The number of nitro benzene ring substituents is 2. The minimum Gasteiger partial charge on any atom is -0.292 e. The van der Waals surface area contributed by atoms with Crippen molar-refractivity contribution in [2.45, 2.75) is 0 Å². The molecule has 0 saturated heterocycles. The molecule has 0 spiro atoms. The molecule has 0 fully saturated rings. The van der Waals surface area contributed by atoms with Gasteiger partial charge in [0.2, 0.25) is 0 Å². The molecule has 5 aromatic rings. The van der Waals surface area contributed by atoms with Crippen molar-refractivity contribution in [2.24, 2.45) is 0 Å². The number of nitro groups is 2. The van der Waals surface area contributed by atoms with Crippen molar-refractivity contribution in [3.05, 3.63) is 129 Å². The smallest absolute Gasteiger partial charge is 0.269 e. The Morgan fingerprint density at radius 2 is 1.06 bits per heavy atom. The Kier molecular flexibility index (Phi) is 5.60. The molecule has 0 amide bonds. The number of non-ortho nitro benzene ring substituents is 2. The van der Waals surface area contributed by atoms with E-state index in [1.165, 1.54) is 24.3 Å². The second-order valence-corrected chi connectivity index (χ2v) is 7.78. The van der Waals surface area contributed by atoms with Gasteiger partial charge in [-0.3, -0.25) is 24.8 Å². The van der Waals surface area contributed by atoms with Crippen LogP contribution in [0, 0.1) is 20.2 Å². The molecule has 5 rings (SSSR count). The first-order valence-electron chi connectivity index (χ1n) is 10.8. The normalized spacial score (nSPS) is 10.7. The van der Waals surface area contributed by atoms with Crippen LogP contribution in [0.1, 0.15) is 0 Å². The SMILES string of the molecule is O=[N+]([O-])c1ccc(-c2nc(-c3ccccc3)c(-c3ccccc3)n2-c2ccc([N+](=O)[O-])cc2)cc1. The van der Waals surface area contributed by atoms with Crippen LogP contribution in [0.2, 0.25) is 0 Å². The molecular formula is C27H18N4O4. The van der Waals surface area contributed by atoms with E-state index in [0.717, 1.165) is 22.5 Å². The number of rotatable bonds is 6. The number of benzene rings is 4. The summed E-state index contributed by atoms with van der Waals surface area (Å²) in [7, 11) is 0. The molecule has 4 aromatic carbocycles. The molecule has 1 heterocycles. The summed E-state index contributed by atoms with van der Waals surface area (Å²) in [4.78, 5) is 26.5. The molecule has 0 atom stereocenters. The lowest BCUT2D eigenvalue weighted by atomic mass is 10.0. The molecule has 0 unspecified atom stereocenters. The average Bonchev–Trinajstić information content (AvgIpc) is 3.30. The summed E-state index contributed by atoms with van der Waals surface area (Å²) in [5, 5.41) is 22.4. The fraction of sp³-hybridized carbons (Fsp3) is 0. The highest BCUT2D eigenvalue weighted by Gasteiger charge is 2.23. The predicted octanol–water partition coefficient (Wildman–Crippen LogP) is 6.69. The summed E-state index contributed by atoms with van der Waals surface area (Å²) >= 11 is 0. The Morgan fingerprint density at radius 3 is 1.57 bits per heavy atom. The standard InChI is InChI=1S/C27H18N4O4/c32-30(33)23-13-11-21(12-14-23)27-28-25(19-7-3-1-4-8-19)26(20-9-5-2-6-10-20)29(27)22-15-17-24(18-16-22)31(34)35/h1-18H. The van der Waals surface area contributed by atoms with Crippen LogP contribution in [-0.2, 0) is 0 Å². The van der Waals surface area contributed by atoms with E-state index in [1.54, 1.807) is 24.3 Å². The van der Waals surface area contributed by atoms with Crippen LogP contribution in [0.4, 0.5) is 11.4 Å². The van der Waals surface area contributed by atoms with Crippen LogP contribution < -0.4 is 0 Å². The Labute approximate surface area is 200 Å². The molecule has 0 radical (unpaired) electrons. The van der Waals surface area contributed by atoms with Crippen LogP contribution in [0.15, 0.2) is 109 Å². The molecule has 0 bridgehead atoms. The van der Waals surface area contributed by atoms with Crippen molar-refractivity contribution < 1.29 is 9.85 Å². The molecule has 0 aliphatic heterocycles. The zero-order valence-corrected chi connectivity index (χ0v) is 18.3. The lowest BCUT2D eigenvalue weighted by Gasteiger charge is -2.13. The molecule has 8 nitrogen and oxygen atoms in total. The first-order chi connectivity index (χ1) is 17.0. The maximum Gasteiger partial charge on any atom is 0.269 e. The highest BCUT2D eigenvalue weighted by molar-refractivity contribution is 5.84. The van der Waals surface area contributed by atoms with Crippen molar-refractivity contribution in [1.82, 2.24) is 9.55 Å². The van der Waals surface area contributed by atoms with Crippen molar-refractivity contribution in [3.8, 4) is 39.6 Å². The topological polar surface area (TPSA) is 104 Å². The minimum atomic E-state index is -0.447. The number of aromatic nitrogens is 2. The van der Waals surface area contributed by atoms with E-state index < -0.39 is 9.85 Å². The number of imidazole rings is 1. The zero-order chi connectivity index (χ0) is 24.4. The maximum atomic E-state index is 11.2. The molecule has 35 heavy (non-hydrogen) atoms. The van der Waals surface area contributed by atoms with E-state index in [4.69, 9.17) is 4.98 Å². The summed E-state index contributed by atoms with van der Waals surface area (Å²) in [6.45, 7) is 0. The Hall–Kier alpha value is -5.11. The third-order valence-corrected chi connectivity index (χ3v) is 5.63.